The van der Waals surface area contributed by atoms with E-state index < -0.39 is 0 Å². The molecule has 3 rings (SSSR count). The first-order valence-electron chi connectivity index (χ1n) is 7.32. The summed E-state index contributed by atoms with van der Waals surface area (Å²) in [6.07, 6.45) is 10.0. The lowest BCUT2D eigenvalue weighted by Gasteiger charge is -2.04. The molecule has 3 aromatic heterocycles. The Morgan fingerprint density at radius 2 is 1.36 bits per heavy atom. The second kappa shape index (κ2) is 8.11. The predicted molar refractivity (Wildman–Crippen MR) is 97.4 cm³/mol. The van der Waals surface area contributed by atoms with Crippen molar-refractivity contribution >= 4 is 30.0 Å². The van der Waals surface area contributed by atoms with Crippen molar-refractivity contribution in [3.05, 3.63) is 66.2 Å². The molecule has 4 N–H and O–H groups in total. The lowest BCUT2D eigenvalue weighted by atomic mass is 10.3. The fraction of sp³-hybridized carbons (Fsp3) is 0. The number of hydrazone groups is 2. The van der Waals surface area contributed by atoms with E-state index in [-0.39, 0.29) is 5.95 Å². The summed E-state index contributed by atoms with van der Waals surface area (Å²) in [4.78, 5) is 16.1. The molecule has 0 bridgehead atoms. The Morgan fingerprint density at radius 3 is 1.80 bits per heavy atom. The van der Waals surface area contributed by atoms with Crippen molar-refractivity contribution in [3.63, 3.8) is 0 Å². The van der Waals surface area contributed by atoms with E-state index in [0.717, 1.165) is 11.1 Å². The molecular weight excluding hydrogens is 318 g/mol. The molecule has 0 aliphatic heterocycles. The summed E-state index contributed by atoms with van der Waals surface area (Å²) in [5, 5.41) is 8.17. The van der Waals surface area contributed by atoms with Crippen LogP contribution in [0.2, 0.25) is 0 Å². The topological polar surface area (TPSA) is 126 Å². The average Bonchev–Trinajstić information content (AvgIpc) is 2.63. The van der Waals surface area contributed by atoms with Gasteiger partial charge in [0.15, 0.2) is 11.6 Å². The van der Waals surface area contributed by atoms with Crippen molar-refractivity contribution in [1.29, 1.82) is 0 Å². The maximum Gasteiger partial charge on any atom is 0.224 e. The number of hydrogen-bond donors (Lipinski definition) is 3. The number of nitrogens with zero attached hydrogens (tertiary/aromatic N) is 6. The second-order valence-electron chi connectivity index (χ2n) is 4.81. The maximum absolute atomic E-state index is 5.70. The predicted octanol–water partition coefficient (Wildman–Crippen LogP) is 1.74. The highest BCUT2D eigenvalue weighted by Gasteiger charge is 2.00. The summed E-state index contributed by atoms with van der Waals surface area (Å²) in [7, 11) is 0. The molecule has 3 heterocycles. The molecule has 0 aliphatic rings. The Labute approximate surface area is 143 Å². The molecule has 0 saturated carbocycles. The molecule has 0 fully saturated rings. The van der Waals surface area contributed by atoms with E-state index in [1.54, 1.807) is 43.3 Å². The molecule has 0 unspecified atom stereocenters. The molecule has 0 aliphatic carbocycles. The summed E-state index contributed by atoms with van der Waals surface area (Å²) < 4.78 is 0. The Hall–Kier alpha value is -3.88. The van der Waals surface area contributed by atoms with E-state index in [4.69, 9.17) is 5.73 Å². The minimum atomic E-state index is 0.0978. The number of nitrogens with two attached hydrogens (primary N) is 1. The summed E-state index contributed by atoms with van der Waals surface area (Å²) >= 11 is 0. The fourth-order valence-electron chi connectivity index (χ4n) is 1.83. The van der Waals surface area contributed by atoms with E-state index in [2.05, 4.69) is 41.0 Å². The fourth-order valence-corrected chi connectivity index (χ4v) is 1.83. The Balaban J connectivity index is 1.64. The van der Waals surface area contributed by atoms with Gasteiger partial charge in [-0.1, -0.05) is 12.1 Å². The SMILES string of the molecule is Nc1nc(N/N=C/c2cccnc2)cc(N/N=C/c2cccnc2)n1. The average molecular weight is 333 g/mol. The van der Waals surface area contributed by atoms with E-state index in [1.807, 2.05) is 24.3 Å². The van der Waals surface area contributed by atoms with Gasteiger partial charge in [-0.05, 0) is 12.1 Å². The van der Waals surface area contributed by atoms with Crippen LogP contribution in [0.4, 0.5) is 17.6 Å². The van der Waals surface area contributed by atoms with Gasteiger partial charge in [-0.25, -0.2) is 0 Å². The highest BCUT2D eigenvalue weighted by atomic mass is 15.3. The minimum absolute atomic E-state index is 0.0978. The third-order valence-electron chi connectivity index (χ3n) is 2.90. The molecule has 0 atom stereocenters. The van der Waals surface area contributed by atoms with Crippen LogP contribution in [0.1, 0.15) is 11.1 Å². The largest absolute Gasteiger partial charge is 0.368 e. The number of hydrogen-bond acceptors (Lipinski definition) is 9. The molecule has 9 nitrogen and oxygen atoms in total. The number of rotatable bonds is 6. The number of nitrogen functional groups attached to an aromatic ring is 1. The molecule has 3 aromatic rings. The van der Waals surface area contributed by atoms with Crippen LogP contribution in [0.25, 0.3) is 0 Å². The molecule has 0 aromatic carbocycles. The van der Waals surface area contributed by atoms with Gasteiger partial charge in [-0.3, -0.25) is 20.8 Å². The van der Waals surface area contributed by atoms with Gasteiger partial charge in [0.25, 0.3) is 0 Å². The number of pyridine rings is 2. The molecule has 25 heavy (non-hydrogen) atoms. The maximum atomic E-state index is 5.70. The number of nitrogens with one attached hydrogen (secondary N) is 2. The standard InChI is InChI=1S/C16H15N9/c17-16-22-14(24-20-10-12-3-1-5-18-8-12)7-15(23-16)25-21-11-13-4-2-6-19-9-13/h1-11H,(H4,17,22,23,24,25)/b20-10+,21-11+. The lowest BCUT2D eigenvalue weighted by Crippen LogP contribution is -2.03. The van der Waals surface area contributed by atoms with E-state index >= 15 is 0 Å². The van der Waals surface area contributed by atoms with Crippen molar-refractivity contribution in [3.8, 4) is 0 Å². The second-order valence-corrected chi connectivity index (χ2v) is 4.81. The van der Waals surface area contributed by atoms with Crippen LogP contribution >= 0.6 is 0 Å². The van der Waals surface area contributed by atoms with E-state index in [1.165, 1.54) is 0 Å². The summed E-state index contributed by atoms with van der Waals surface area (Å²) in [5.41, 5.74) is 13.0. The smallest absolute Gasteiger partial charge is 0.224 e. The van der Waals surface area contributed by atoms with Gasteiger partial charge in [0.2, 0.25) is 5.95 Å². The zero-order valence-corrected chi connectivity index (χ0v) is 13.1. The van der Waals surface area contributed by atoms with Crippen molar-refractivity contribution in [2.45, 2.75) is 0 Å². The van der Waals surface area contributed by atoms with Gasteiger partial charge in [0, 0.05) is 42.0 Å². The van der Waals surface area contributed by atoms with Crippen LogP contribution < -0.4 is 16.6 Å². The summed E-state index contributed by atoms with van der Waals surface area (Å²) in [6.45, 7) is 0. The van der Waals surface area contributed by atoms with Crippen molar-refractivity contribution in [2.75, 3.05) is 16.6 Å². The Bertz CT molecular complexity index is 794. The monoisotopic (exact) mass is 333 g/mol. The molecule has 0 radical (unpaired) electrons. The highest BCUT2D eigenvalue weighted by Crippen LogP contribution is 2.12. The van der Waals surface area contributed by atoms with Gasteiger partial charge in [-0.15, -0.1) is 0 Å². The first-order valence-corrected chi connectivity index (χ1v) is 7.32. The lowest BCUT2D eigenvalue weighted by molar-refractivity contribution is 1.13. The van der Waals surface area contributed by atoms with Crippen LogP contribution in [-0.4, -0.2) is 32.4 Å². The van der Waals surface area contributed by atoms with Gasteiger partial charge in [0.1, 0.15) is 0 Å². The highest BCUT2D eigenvalue weighted by molar-refractivity contribution is 5.80. The van der Waals surface area contributed by atoms with E-state index in [0.29, 0.717) is 11.6 Å². The van der Waals surface area contributed by atoms with Crippen molar-refractivity contribution in [2.24, 2.45) is 10.2 Å². The van der Waals surface area contributed by atoms with Gasteiger partial charge >= 0.3 is 0 Å². The van der Waals surface area contributed by atoms with Crippen molar-refractivity contribution in [1.82, 2.24) is 19.9 Å². The first kappa shape index (κ1) is 16.0. The molecule has 124 valence electrons. The number of aromatic nitrogens is 4. The minimum Gasteiger partial charge on any atom is -0.368 e. The first-order chi connectivity index (χ1) is 12.3. The molecule has 0 saturated heterocycles. The van der Waals surface area contributed by atoms with Gasteiger partial charge in [-0.2, -0.15) is 20.2 Å². The summed E-state index contributed by atoms with van der Waals surface area (Å²) in [6, 6.07) is 9.05. The quantitative estimate of drug-likeness (QED) is 0.463. The van der Waals surface area contributed by atoms with Crippen LogP contribution in [0.3, 0.4) is 0 Å². The molecule has 9 heteroatoms. The number of anilines is 3. The zero-order chi connectivity index (χ0) is 17.3. The van der Waals surface area contributed by atoms with E-state index in [9.17, 15) is 0 Å². The zero-order valence-electron chi connectivity index (χ0n) is 13.1. The van der Waals surface area contributed by atoms with Crippen LogP contribution in [0.15, 0.2) is 65.3 Å². The summed E-state index contributed by atoms with van der Waals surface area (Å²) in [5.74, 6) is 0.971. The Kier molecular flexibility index (Phi) is 5.19. The van der Waals surface area contributed by atoms with Gasteiger partial charge in [0.05, 0.1) is 12.4 Å². The van der Waals surface area contributed by atoms with Gasteiger partial charge < -0.3 is 5.73 Å². The van der Waals surface area contributed by atoms with Crippen LogP contribution in [0.5, 0.6) is 0 Å². The normalized spacial score (nSPS) is 11.0. The van der Waals surface area contributed by atoms with Crippen molar-refractivity contribution < 1.29 is 0 Å². The third kappa shape index (κ3) is 5.06. The third-order valence-corrected chi connectivity index (χ3v) is 2.90. The molecule has 0 amide bonds. The molecule has 0 spiro atoms. The Morgan fingerprint density at radius 1 is 0.840 bits per heavy atom. The van der Waals surface area contributed by atoms with Crippen LogP contribution in [0, 0.1) is 0 Å². The van der Waals surface area contributed by atoms with Crippen LogP contribution in [-0.2, 0) is 0 Å². The molecular formula is C16H15N9.